The lowest BCUT2D eigenvalue weighted by Gasteiger charge is -2.36. The number of rotatable bonds is 3. The van der Waals surface area contributed by atoms with Crippen LogP contribution in [0.2, 0.25) is 0 Å². The Bertz CT molecular complexity index is 689. The zero-order valence-corrected chi connectivity index (χ0v) is 14.2. The van der Waals surface area contributed by atoms with Crippen LogP contribution in [0.5, 0.6) is 0 Å². The van der Waals surface area contributed by atoms with Gasteiger partial charge in [-0.1, -0.05) is 30.3 Å². The summed E-state index contributed by atoms with van der Waals surface area (Å²) in [7, 11) is 0. The van der Waals surface area contributed by atoms with Gasteiger partial charge in [0.05, 0.1) is 18.3 Å². The molecule has 3 unspecified atom stereocenters. The first-order valence-corrected chi connectivity index (χ1v) is 9.05. The number of carbonyl (C=O) groups excluding carboxylic acids is 1. The van der Waals surface area contributed by atoms with Crippen LogP contribution in [-0.4, -0.2) is 40.3 Å². The van der Waals surface area contributed by atoms with Crippen LogP contribution in [0.15, 0.2) is 42.7 Å². The van der Waals surface area contributed by atoms with Crippen molar-refractivity contribution in [3.8, 4) is 0 Å². The molecule has 2 aromatic rings. The number of benzene rings is 1. The van der Waals surface area contributed by atoms with Gasteiger partial charge < -0.3 is 15.0 Å². The summed E-state index contributed by atoms with van der Waals surface area (Å²) in [5.41, 5.74) is 2.20. The Balaban J connectivity index is 1.47. The van der Waals surface area contributed by atoms with Crippen molar-refractivity contribution in [3.63, 3.8) is 0 Å². The van der Waals surface area contributed by atoms with Crippen LogP contribution in [0.1, 0.15) is 49.0 Å². The Morgan fingerprint density at radius 1 is 1.20 bits per heavy atom. The number of urea groups is 1. The number of H-pyrrole nitrogens is 1. The highest BCUT2D eigenvalue weighted by molar-refractivity contribution is 5.75. The molecular weight excluding hydrogens is 316 g/mol. The molecule has 0 radical (unpaired) electrons. The van der Waals surface area contributed by atoms with Crippen LogP contribution in [0.3, 0.4) is 0 Å². The number of piperidine rings is 1. The molecule has 25 heavy (non-hydrogen) atoms. The van der Waals surface area contributed by atoms with Crippen LogP contribution in [0.4, 0.5) is 4.79 Å². The Labute approximate surface area is 147 Å². The molecule has 2 amide bonds. The summed E-state index contributed by atoms with van der Waals surface area (Å²) in [6, 6.07) is 10.3. The number of carbonyl (C=O) groups is 1. The van der Waals surface area contributed by atoms with Gasteiger partial charge in [-0.3, -0.25) is 5.10 Å². The van der Waals surface area contributed by atoms with Gasteiger partial charge in [-0.05, 0) is 31.2 Å². The van der Waals surface area contributed by atoms with E-state index in [4.69, 9.17) is 4.74 Å². The standard InChI is InChI=1S/C19H24N4O2/c24-19(23-10-5-4-8-17(23)15-12-20-21-13-15)22-16-9-11-25-18(16)14-6-2-1-3-7-14/h1-3,6-7,12-13,16-18H,4-5,8-11H2,(H,20,21)(H,22,24). The van der Waals surface area contributed by atoms with Crippen LogP contribution < -0.4 is 5.32 Å². The van der Waals surface area contributed by atoms with Crippen LogP contribution in [-0.2, 0) is 4.74 Å². The van der Waals surface area contributed by atoms with E-state index in [2.05, 4.69) is 27.6 Å². The van der Waals surface area contributed by atoms with Gasteiger partial charge in [0.1, 0.15) is 6.10 Å². The molecule has 2 saturated heterocycles. The van der Waals surface area contributed by atoms with Crippen molar-refractivity contribution in [2.45, 2.75) is 43.9 Å². The third-order valence-corrected chi connectivity index (χ3v) is 5.20. The van der Waals surface area contributed by atoms with E-state index in [0.29, 0.717) is 6.61 Å². The molecule has 0 saturated carbocycles. The molecule has 4 rings (SSSR count). The summed E-state index contributed by atoms with van der Waals surface area (Å²) in [4.78, 5) is 14.9. The largest absolute Gasteiger partial charge is 0.371 e. The van der Waals surface area contributed by atoms with Crippen LogP contribution >= 0.6 is 0 Å². The third kappa shape index (κ3) is 3.39. The predicted octanol–water partition coefficient (Wildman–Crippen LogP) is 3.18. The summed E-state index contributed by atoms with van der Waals surface area (Å²) in [5.74, 6) is 0. The number of aromatic amines is 1. The first kappa shape index (κ1) is 16.1. The molecule has 2 fully saturated rings. The number of nitrogens with zero attached hydrogens (tertiary/aromatic N) is 2. The molecule has 6 nitrogen and oxygen atoms in total. The van der Waals surface area contributed by atoms with Crippen molar-refractivity contribution < 1.29 is 9.53 Å². The fraction of sp³-hybridized carbons (Fsp3) is 0.474. The van der Waals surface area contributed by atoms with Gasteiger partial charge >= 0.3 is 6.03 Å². The van der Waals surface area contributed by atoms with Gasteiger partial charge in [-0.15, -0.1) is 0 Å². The second kappa shape index (κ2) is 7.27. The van der Waals surface area contributed by atoms with Gasteiger partial charge in [-0.25, -0.2) is 4.79 Å². The van der Waals surface area contributed by atoms with Crippen molar-refractivity contribution in [2.24, 2.45) is 0 Å². The van der Waals surface area contributed by atoms with Gasteiger partial charge in [0.25, 0.3) is 0 Å². The molecule has 0 aliphatic carbocycles. The molecule has 6 heteroatoms. The van der Waals surface area contributed by atoms with Crippen molar-refractivity contribution in [1.29, 1.82) is 0 Å². The van der Waals surface area contributed by atoms with E-state index in [1.54, 1.807) is 0 Å². The Hall–Kier alpha value is -2.34. The molecule has 1 aromatic carbocycles. The van der Waals surface area contributed by atoms with Gasteiger partial charge in [0, 0.05) is 24.9 Å². The maximum absolute atomic E-state index is 13.0. The average Bonchev–Trinajstić information content (AvgIpc) is 3.34. The first-order chi connectivity index (χ1) is 12.3. The fourth-order valence-electron chi connectivity index (χ4n) is 3.91. The summed E-state index contributed by atoms with van der Waals surface area (Å²) in [5, 5.41) is 10.1. The number of likely N-dealkylation sites (tertiary alicyclic amines) is 1. The summed E-state index contributed by atoms with van der Waals surface area (Å²) in [6.45, 7) is 1.46. The molecule has 132 valence electrons. The minimum atomic E-state index is -0.0673. The first-order valence-electron chi connectivity index (χ1n) is 9.05. The zero-order chi connectivity index (χ0) is 17.1. The highest BCUT2D eigenvalue weighted by Gasteiger charge is 2.34. The zero-order valence-electron chi connectivity index (χ0n) is 14.2. The third-order valence-electron chi connectivity index (χ3n) is 5.20. The SMILES string of the molecule is O=C(NC1CCOC1c1ccccc1)N1CCCCC1c1cn[nH]c1. The lowest BCUT2D eigenvalue weighted by Crippen LogP contribution is -2.48. The minimum absolute atomic E-state index is 0.00216. The maximum atomic E-state index is 13.0. The van der Waals surface area contributed by atoms with Gasteiger partial charge in [0.2, 0.25) is 0 Å². The van der Waals surface area contributed by atoms with Crippen LogP contribution in [0, 0.1) is 0 Å². The average molecular weight is 340 g/mol. The lowest BCUT2D eigenvalue weighted by molar-refractivity contribution is 0.0951. The highest BCUT2D eigenvalue weighted by Crippen LogP contribution is 2.32. The number of aromatic nitrogens is 2. The van der Waals surface area contributed by atoms with E-state index in [1.807, 2.05) is 35.5 Å². The van der Waals surface area contributed by atoms with Gasteiger partial charge in [0.15, 0.2) is 0 Å². The number of hydrogen-bond acceptors (Lipinski definition) is 3. The monoisotopic (exact) mass is 340 g/mol. The number of ether oxygens (including phenoxy) is 1. The Morgan fingerprint density at radius 2 is 2.08 bits per heavy atom. The van der Waals surface area contributed by atoms with Crippen molar-refractivity contribution in [2.75, 3.05) is 13.2 Å². The van der Waals surface area contributed by atoms with Gasteiger partial charge in [-0.2, -0.15) is 5.10 Å². The predicted molar refractivity (Wildman–Crippen MR) is 94.0 cm³/mol. The van der Waals surface area contributed by atoms with Crippen LogP contribution in [0.25, 0.3) is 0 Å². The molecule has 0 bridgehead atoms. The second-order valence-corrected chi connectivity index (χ2v) is 6.78. The molecular formula is C19H24N4O2. The molecule has 2 aliphatic rings. The fourth-order valence-corrected chi connectivity index (χ4v) is 3.91. The Morgan fingerprint density at radius 3 is 2.88 bits per heavy atom. The maximum Gasteiger partial charge on any atom is 0.318 e. The topological polar surface area (TPSA) is 70.2 Å². The lowest BCUT2D eigenvalue weighted by atomic mass is 9.97. The quantitative estimate of drug-likeness (QED) is 0.901. The van der Waals surface area contributed by atoms with Crippen molar-refractivity contribution in [1.82, 2.24) is 20.4 Å². The normalized spacial score (nSPS) is 26.6. The van der Waals surface area contributed by atoms with Crippen molar-refractivity contribution >= 4 is 6.03 Å². The Kier molecular flexibility index (Phi) is 4.70. The second-order valence-electron chi connectivity index (χ2n) is 6.78. The smallest absolute Gasteiger partial charge is 0.318 e. The summed E-state index contributed by atoms with van der Waals surface area (Å²) >= 11 is 0. The number of nitrogens with one attached hydrogen (secondary N) is 2. The van der Waals surface area contributed by atoms with E-state index in [0.717, 1.165) is 43.4 Å². The molecule has 1 aromatic heterocycles. The molecule has 0 spiro atoms. The van der Waals surface area contributed by atoms with E-state index >= 15 is 0 Å². The summed E-state index contributed by atoms with van der Waals surface area (Å²) in [6.07, 6.45) is 7.65. The number of amides is 2. The molecule has 3 atom stereocenters. The summed E-state index contributed by atoms with van der Waals surface area (Å²) < 4.78 is 5.89. The van der Waals surface area contributed by atoms with Crippen molar-refractivity contribution in [3.05, 3.63) is 53.9 Å². The van der Waals surface area contributed by atoms with E-state index in [1.165, 1.54) is 0 Å². The minimum Gasteiger partial charge on any atom is -0.371 e. The molecule has 2 N–H and O–H groups in total. The number of hydrogen-bond donors (Lipinski definition) is 2. The van der Waals surface area contributed by atoms with E-state index in [9.17, 15) is 4.79 Å². The van der Waals surface area contributed by atoms with E-state index in [-0.39, 0.29) is 24.2 Å². The molecule has 3 heterocycles. The highest BCUT2D eigenvalue weighted by atomic mass is 16.5. The molecule has 2 aliphatic heterocycles. The van der Waals surface area contributed by atoms with E-state index < -0.39 is 0 Å².